The average molecular weight is 311 g/mol. The van der Waals surface area contributed by atoms with Gasteiger partial charge in [0, 0.05) is 30.7 Å². The lowest BCUT2D eigenvalue weighted by Gasteiger charge is -2.17. The summed E-state index contributed by atoms with van der Waals surface area (Å²) in [6.45, 7) is 4.50. The van der Waals surface area contributed by atoms with Gasteiger partial charge in [0.25, 0.3) is 0 Å². The molecule has 5 nitrogen and oxygen atoms in total. The van der Waals surface area contributed by atoms with Crippen molar-refractivity contribution in [2.24, 2.45) is 0 Å². The SMILES string of the molecule is Cc1nccn1-c1ccc([C@@H](C)NC[C@H](O)c2ccco2)cc1. The molecule has 0 aliphatic heterocycles. The fourth-order valence-electron chi connectivity index (χ4n) is 2.56. The number of rotatable bonds is 6. The molecule has 0 bridgehead atoms. The molecule has 2 heterocycles. The quantitative estimate of drug-likeness (QED) is 0.734. The van der Waals surface area contributed by atoms with Crippen molar-refractivity contribution in [2.75, 3.05) is 6.54 Å². The molecule has 23 heavy (non-hydrogen) atoms. The van der Waals surface area contributed by atoms with Crippen molar-refractivity contribution in [2.45, 2.75) is 26.0 Å². The molecule has 0 amide bonds. The van der Waals surface area contributed by atoms with Crippen LogP contribution in [0.5, 0.6) is 0 Å². The number of imidazole rings is 1. The lowest BCUT2D eigenvalue weighted by Crippen LogP contribution is -2.24. The third-order valence-electron chi connectivity index (χ3n) is 3.99. The van der Waals surface area contributed by atoms with Crippen molar-refractivity contribution in [3.05, 3.63) is 72.2 Å². The van der Waals surface area contributed by atoms with Crippen LogP contribution in [0.15, 0.2) is 59.5 Å². The molecule has 0 radical (unpaired) electrons. The number of aliphatic hydroxyl groups is 1. The zero-order chi connectivity index (χ0) is 16.2. The maximum absolute atomic E-state index is 10.0. The van der Waals surface area contributed by atoms with Gasteiger partial charge in [0.15, 0.2) is 0 Å². The van der Waals surface area contributed by atoms with Crippen LogP contribution in [0.3, 0.4) is 0 Å². The Morgan fingerprint density at radius 1 is 1.26 bits per heavy atom. The first-order valence-electron chi connectivity index (χ1n) is 7.70. The minimum absolute atomic E-state index is 0.137. The number of aromatic nitrogens is 2. The van der Waals surface area contributed by atoms with Crippen molar-refractivity contribution in [3.63, 3.8) is 0 Å². The number of hydrogen-bond donors (Lipinski definition) is 2. The van der Waals surface area contributed by atoms with Gasteiger partial charge in [-0.15, -0.1) is 0 Å². The van der Waals surface area contributed by atoms with Crippen LogP contribution in [0, 0.1) is 6.92 Å². The highest BCUT2D eigenvalue weighted by molar-refractivity contribution is 5.36. The molecule has 2 aromatic heterocycles. The fourth-order valence-corrected chi connectivity index (χ4v) is 2.56. The summed E-state index contributed by atoms with van der Waals surface area (Å²) < 4.78 is 7.25. The van der Waals surface area contributed by atoms with Gasteiger partial charge in [-0.1, -0.05) is 12.1 Å². The molecule has 2 N–H and O–H groups in total. The van der Waals surface area contributed by atoms with Crippen LogP contribution >= 0.6 is 0 Å². The highest BCUT2D eigenvalue weighted by Gasteiger charge is 2.12. The number of hydrogen-bond acceptors (Lipinski definition) is 4. The van der Waals surface area contributed by atoms with E-state index >= 15 is 0 Å². The molecule has 3 aromatic rings. The van der Waals surface area contributed by atoms with Gasteiger partial charge >= 0.3 is 0 Å². The summed E-state index contributed by atoms with van der Waals surface area (Å²) in [6, 6.07) is 12.0. The first-order valence-corrected chi connectivity index (χ1v) is 7.70. The Labute approximate surface area is 135 Å². The minimum Gasteiger partial charge on any atom is -0.467 e. The molecule has 0 spiro atoms. The van der Waals surface area contributed by atoms with E-state index in [1.807, 2.05) is 17.7 Å². The van der Waals surface area contributed by atoms with Gasteiger partial charge < -0.3 is 19.4 Å². The Balaban J connectivity index is 1.61. The second-order valence-electron chi connectivity index (χ2n) is 5.60. The summed E-state index contributed by atoms with van der Waals surface area (Å²) in [5, 5.41) is 13.4. The summed E-state index contributed by atoms with van der Waals surface area (Å²) in [6.07, 6.45) is 4.67. The molecular weight excluding hydrogens is 290 g/mol. The normalized spacial score (nSPS) is 13.9. The largest absolute Gasteiger partial charge is 0.467 e. The Morgan fingerprint density at radius 2 is 2.04 bits per heavy atom. The van der Waals surface area contributed by atoms with Crippen molar-refractivity contribution in [1.82, 2.24) is 14.9 Å². The molecule has 0 aliphatic carbocycles. The van der Waals surface area contributed by atoms with Crippen LogP contribution in [-0.4, -0.2) is 21.2 Å². The third kappa shape index (κ3) is 3.52. The smallest absolute Gasteiger partial charge is 0.133 e. The number of nitrogens with zero attached hydrogens (tertiary/aromatic N) is 2. The monoisotopic (exact) mass is 311 g/mol. The molecular formula is C18H21N3O2. The highest BCUT2D eigenvalue weighted by Crippen LogP contribution is 2.18. The molecule has 120 valence electrons. The molecule has 0 fully saturated rings. The zero-order valence-corrected chi connectivity index (χ0v) is 13.3. The predicted molar refractivity (Wildman–Crippen MR) is 88.4 cm³/mol. The van der Waals surface area contributed by atoms with E-state index < -0.39 is 6.10 Å². The molecule has 0 unspecified atom stereocenters. The molecule has 3 rings (SSSR count). The van der Waals surface area contributed by atoms with E-state index in [-0.39, 0.29) is 6.04 Å². The van der Waals surface area contributed by atoms with Crippen LogP contribution in [0.4, 0.5) is 0 Å². The van der Waals surface area contributed by atoms with Gasteiger partial charge in [-0.3, -0.25) is 0 Å². The molecule has 1 aromatic carbocycles. The third-order valence-corrected chi connectivity index (χ3v) is 3.99. The van der Waals surface area contributed by atoms with Gasteiger partial charge in [-0.2, -0.15) is 0 Å². The summed E-state index contributed by atoms with van der Waals surface area (Å²) in [5.41, 5.74) is 2.25. The molecule has 0 saturated carbocycles. The minimum atomic E-state index is -0.639. The second kappa shape index (κ2) is 6.81. The maximum Gasteiger partial charge on any atom is 0.133 e. The van der Waals surface area contributed by atoms with E-state index in [0.717, 1.165) is 17.1 Å². The second-order valence-corrected chi connectivity index (χ2v) is 5.60. The van der Waals surface area contributed by atoms with Crippen LogP contribution in [-0.2, 0) is 0 Å². The van der Waals surface area contributed by atoms with Crippen molar-refractivity contribution in [1.29, 1.82) is 0 Å². The number of nitrogens with one attached hydrogen (secondary N) is 1. The lowest BCUT2D eigenvalue weighted by atomic mass is 10.1. The van der Waals surface area contributed by atoms with Gasteiger partial charge in [0.1, 0.15) is 17.7 Å². The van der Waals surface area contributed by atoms with Crippen LogP contribution in [0.2, 0.25) is 0 Å². The zero-order valence-electron chi connectivity index (χ0n) is 13.3. The molecule has 2 atom stereocenters. The molecule has 5 heteroatoms. The first kappa shape index (κ1) is 15.5. The van der Waals surface area contributed by atoms with Crippen molar-refractivity contribution in [3.8, 4) is 5.69 Å². The average Bonchev–Trinajstić information content (AvgIpc) is 3.24. The summed E-state index contributed by atoms with van der Waals surface area (Å²) in [5.74, 6) is 1.54. The topological polar surface area (TPSA) is 63.2 Å². The number of furan rings is 1. The van der Waals surface area contributed by atoms with E-state index in [0.29, 0.717) is 12.3 Å². The van der Waals surface area contributed by atoms with E-state index in [2.05, 4.69) is 41.5 Å². The van der Waals surface area contributed by atoms with E-state index in [1.54, 1.807) is 24.6 Å². The van der Waals surface area contributed by atoms with Gasteiger partial charge in [0.05, 0.1) is 6.26 Å². The van der Waals surface area contributed by atoms with Crippen molar-refractivity contribution >= 4 is 0 Å². The fraction of sp³-hybridized carbons (Fsp3) is 0.278. The van der Waals surface area contributed by atoms with E-state index in [1.165, 1.54) is 0 Å². The predicted octanol–water partition coefficient (Wildman–Crippen LogP) is 3.16. The summed E-state index contributed by atoms with van der Waals surface area (Å²) in [7, 11) is 0. The van der Waals surface area contributed by atoms with Gasteiger partial charge in [0.2, 0.25) is 0 Å². The standard InChI is InChI=1S/C18H21N3O2/c1-13(20-12-17(22)18-4-3-11-23-18)15-5-7-16(8-6-15)21-10-9-19-14(21)2/h3-11,13,17,20,22H,12H2,1-2H3/t13-,17+/m1/s1. The van der Waals surface area contributed by atoms with Crippen LogP contribution < -0.4 is 5.32 Å². The summed E-state index contributed by atoms with van der Waals surface area (Å²) >= 11 is 0. The van der Waals surface area contributed by atoms with Gasteiger partial charge in [-0.05, 0) is 43.7 Å². The van der Waals surface area contributed by atoms with Crippen LogP contribution in [0.1, 0.15) is 36.2 Å². The summed E-state index contributed by atoms with van der Waals surface area (Å²) in [4.78, 5) is 4.24. The molecule has 0 aliphatic rings. The van der Waals surface area contributed by atoms with Crippen molar-refractivity contribution < 1.29 is 9.52 Å². The van der Waals surface area contributed by atoms with Gasteiger partial charge in [-0.25, -0.2) is 4.98 Å². The Bertz CT molecular complexity index is 732. The number of aryl methyl sites for hydroxylation is 1. The maximum atomic E-state index is 10.0. The first-order chi connectivity index (χ1) is 11.1. The van der Waals surface area contributed by atoms with E-state index in [9.17, 15) is 5.11 Å². The van der Waals surface area contributed by atoms with Crippen LogP contribution in [0.25, 0.3) is 5.69 Å². The number of aliphatic hydroxyl groups excluding tert-OH is 1. The number of benzene rings is 1. The van der Waals surface area contributed by atoms with E-state index in [4.69, 9.17) is 4.42 Å². The Morgan fingerprint density at radius 3 is 2.65 bits per heavy atom. The molecule has 0 saturated heterocycles. The highest BCUT2D eigenvalue weighted by atomic mass is 16.4. The Kier molecular flexibility index (Phi) is 4.60. The Hall–Kier alpha value is -2.37. The lowest BCUT2D eigenvalue weighted by molar-refractivity contribution is 0.144.